The zero-order valence-electron chi connectivity index (χ0n) is 19.6. The van der Waals surface area contributed by atoms with Crippen molar-refractivity contribution >= 4 is 11.8 Å². The molecule has 0 saturated carbocycles. The first-order valence-corrected chi connectivity index (χ1v) is 10.7. The molecular weight excluding hydrogens is 408 g/mol. The second-order valence-electron chi connectivity index (χ2n) is 7.63. The van der Waals surface area contributed by atoms with Crippen molar-refractivity contribution in [3.05, 3.63) is 41.6 Å². The molecule has 1 aromatic heterocycles. The Morgan fingerprint density at radius 1 is 0.938 bits per heavy atom. The van der Waals surface area contributed by atoms with E-state index in [0.717, 1.165) is 43.1 Å². The van der Waals surface area contributed by atoms with Crippen LogP contribution in [0.1, 0.15) is 11.1 Å². The van der Waals surface area contributed by atoms with Crippen molar-refractivity contribution in [1.82, 2.24) is 20.5 Å². The minimum atomic E-state index is 0.555. The van der Waals surface area contributed by atoms with Gasteiger partial charge in [0.2, 0.25) is 5.75 Å². The van der Waals surface area contributed by atoms with Crippen molar-refractivity contribution in [1.29, 1.82) is 0 Å². The van der Waals surface area contributed by atoms with Gasteiger partial charge in [-0.05, 0) is 42.4 Å². The van der Waals surface area contributed by atoms with Crippen LogP contribution in [0.4, 0.5) is 5.82 Å². The Kier molecular flexibility index (Phi) is 8.38. The molecule has 2 aromatic rings. The number of guanidine groups is 1. The summed E-state index contributed by atoms with van der Waals surface area (Å²) in [6, 6.07) is 8.02. The van der Waals surface area contributed by atoms with Gasteiger partial charge in [0.05, 0.1) is 21.3 Å². The number of anilines is 1. The van der Waals surface area contributed by atoms with Gasteiger partial charge in [-0.25, -0.2) is 4.98 Å². The first-order chi connectivity index (χ1) is 15.6. The number of piperazine rings is 1. The fraction of sp³-hybridized carbons (Fsp3) is 0.478. The van der Waals surface area contributed by atoms with Gasteiger partial charge in [0.15, 0.2) is 17.5 Å². The van der Waals surface area contributed by atoms with E-state index in [-0.39, 0.29) is 0 Å². The molecule has 1 aromatic carbocycles. The molecule has 0 bridgehead atoms. The lowest BCUT2D eigenvalue weighted by molar-refractivity contribution is 0.312. The van der Waals surface area contributed by atoms with Crippen LogP contribution in [-0.4, -0.2) is 77.4 Å². The first-order valence-electron chi connectivity index (χ1n) is 10.7. The third-order valence-corrected chi connectivity index (χ3v) is 5.51. The van der Waals surface area contributed by atoms with Crippen LogP contribution in [0.25, 0.3) is 0 Å². The molecule has 1 aliphatic rings. The number of nitrogens with zero attached hydrogens (tertiary/aromatic N) is 4. The summed E-state index contributed by atoms with van der Waals surface area (Å²) in [6.07, 6.45) is 1.87. The van der Waals surface area contributed by atoms with Gasteiger partial charge in [-0.15, -0.1) is 0 Å². The molecule has 0 amide bonds. The summed E-state index contributed by atoms with van der Waals surface area (Å²) in [7, 11) is 8.73. The fourth-order valence-corrected chi connectivity index (χ4v) is 3.61. The van der Waals surface area contributed by atoms with Crippen molar-refractivity contribution in [2.75, 3.05) is 66.5 Å². The molecule has 0 atom stereocenters. The number of benzene rings is 1. The average molecular weight is 443 g/mol. The molecule has 0 aliphatic carbocycles. The highest BCUT2D eigenvalue weighted by Gasteiger charge is 2.16. The lowest BCUT2D eigenvalue weighted by Crippen LogP contribution is -2.44. The number of aliphatic imine (C=N–C) groups is 1. The van der Waals surface area contributed by atoms with Gasteiger partial charge in [0.1, 0.15) is 5.82 Å². The minimum absolute atomic E-state index is 0.555. The smallest absolute Gasteiger partial charge is 0.203 e. The van der Waals surface area contributed by atoms with Crippen molar-refractivity contribution in [3.8, 4) is 17.2 Å². The standard InChI is InChI=1S/C23H34N6O3/c1-24-23(27-16-18-12-19(30-3)22(32-5)20(13-18)31-4)26-15-17-6-7-25-21(14-17)29-10-8-28(2)9-11-29/h6-7,12-14H,8-11,15-16H2,1-5H3,(H2,24,26,27). The summed E-state index contributed by atoms with van der Waals surface area (Å²) < 4.78 is 16.3. The Morgan fingerprint density at radius 3 is 2.12 bits per heavy atom. The Morgan fingerprint density at radius 2 is 1.56 bits per heavy atom. The number of hydrogen-bond donors (Lipinski definition) is 2. The van der Waals surface area contributed by atoms with E-state index in [1.165, 1.54) is 0 Å². The maximum absolute atomic E-state index is 5.43. The van der Waals surface area contributed by atoms with Crippen LogP contribution in [0.2, 0.25) is 0 Å². The Labute approximate surface area is 190 Å². The van der Waals surface area contributed by atoms with E-state index in [2.05, 4.69) is 43.5 Å². The van der Waals surface area contributed by atoms with Gasteiger partial charge in [0, 0.05) is 52.5 Å². The molecule has 1 fully saturated rings. The molecule has 0 unspecified atom stereocenters. The Bertz CT molecular complexity index is 887. The maximum Gasteiger partial charge on any atom is 0.203 e. The van der Waals surface area contributed by atoms with Gasteiger partial charge < -0.3 is 34.6 Å². The van der Waals surface area contributed by atoms with Crippen molar-refractivity contribution in [2.24, 2.45) is 4.99 Å². The fourth-order valence-electron chi connectivity index (χ4n) is 3.61. The number of ether oxygens (including phenoxy) is 3. The number of rotatable bonds is 8. The van der Waals surface area contributed by atoms with Crippen molar-refractivity contribution in [3.63, 3.8) is 0 Å². The maximum atomic E-state index is 5.43. The SMILES string of the molecule is CN=C(NCc1ccnc(N2CCN(C)CC2)c1)NCc1cc(OC)c(OC)c(OC)c1. The van der Waals surface area contributed by atoms with Gasteiger partial charge in [-0.3, -0.25) is 4.99 Å². The van der Waals surface area contributed by atoms with Crippen LogP contribution in [0.5, 0.6) is 17.2 Å². The Hall–Kier alpha value is -3.20. The summed E-state index contributed by atoms with van der Waals surface area (Å²) in [5.41, 5.74) is 2.15. The molecule has 1 aliphatic heterocycles. The average Bonchev–Trinajstić information content (AvgIpc) is 2.84. The predicted molar refractivity (Wildman–Crippen MR) is 127 cm³/mol. The van der Waals surface area contributed by atoms with Gasteiger partial charge in [0.25, 0.3) is 0 Å². The summed E-state index contributed by atoms with van der Waals surface area (Å²) in [5, 5.41) is 6.70. The molecular formula is C23H34N6O3. The van der Waals surface area contributed by atoms with Gasteiger partial charge in [-0.2, -0.15) is 0 Å². The molecule has 1 saturated heterocycles. The molecule has 2 heterocycles. The lowest BCUT2D eigenvalue weighted by Gasteiger charge is -2.33. The normalized spacial score (nSPS) is 14.8. The monoisotopic (exact) mass is 442 g/mol. The highest BCUT2D eigenvalue weighted by Crippen LogP contribution is 2.38. The van der Waals surface area contributed by atoms with Crippen molar-refractivity contribution in [2.45, 2.75) is 13.1 Å². The number of aromatic nitrogens is 1. The largest absolute Gasteiger partial charge is 0.493 e. The van der Waals surface area contributed by atoms with E-state index < -0.39 is 0 Å². The van der Waals surface area contributed by atoms with Crippen LogP contribution in [0.15, 0.2) is 35.5 Å². The molecule has 174 valence electrons. The molecule has 0 radical (unpaired) electrons. The second kappa shape index (κ2) is 11.4. The van der Waals surface area contributed by atoms with E-state index in [4.69, 9.17) is 14.2 Å². The predicted octanol–water partition coefficient (Wildman–Crippen LogP) is 1.72. The van der Waals surface area contributed by atoms with Crippen LogP contribution in [-0.2, 0) is 13.1 Å². The van der Waals surface area contributed by atoms with E-state index >= 15 is 0 Å². The quantitative estimate of drug-likeness (QED) is 0.472. The minimum Gasteiger partial charge on any atom is -0.493 e. The highest BCUT2D eigenvalue weighted by molar-refractivity contribution is 5.79. The summed E-state index contributed by atoms with van der Waals surface area (Å²) >= 11 is 0. The second-order valence-corrected chi connectivity index (χ2v) is 7.63. The molecule has 9 heteroatoms. The molecule has 32 heavy (non-hydrogen) atoms. The molecule has 2 N–H and O–H groups in total. The van der Waals surface area contributed by atoms with Crippen LogP contribution < -0.4 is 29.7 Å². The third kappa shape index (κ3) is 5.94. The molecule has 0 spiro atoms. The molecule has 3 rings (SSSR count). The van der Waals surface area contributed by atoms with E-state index in [1.54, 1.807) is 28.4 Å². The summed E-state index contributed by atoms with van der Waals surface area (Å²) in [6.45, 7) is 5.32. The summed E-state index contributed by atoms with van der Waals surface area (Å²) in [5.74, 6) is 3.56. The van der Waals surface area contributed by atoms with E-state index in [1.807, 2.05) is 24.4 Å². The van der Waals surface area contributed by atoms with Crippen LogP contribution in [0, 0.1) is 0 Å². The van der Waals surface area contributed by atoms with Gasteiger partial charge in [-0.1, -0.05) is 0 Å². The highest BCUT2D eigenvalue weighted by atomic mass is 16.5. The first kappa shape index (κ1) is 23.5. The third-order valence-electron chi connectivity index (χ3n) is 5.51. The van der Waals surface area contributed by atoms with E-state index in [9.17, 15) is 0 Å². The number of pyridine rings is 1. The van der Waals surface area contributed by atoms with Crippen LogP contribution >= 0.6 is 0 Å². The van der Waals surface area contributed by atoms with E-state index in [0.29, 0.717) is 36.3 Å². The number of hydrogen-bond acceptors (Lipinski definition) is 7. The van der Waals surface area contributed by atoms with Crippen LogP contribution in [0.3, 0.4) is 0 Å². The van der Waals surface area contributed by atoms with Gasteiger partial charge >= 0.3 is 0 Å². The Balaban J connectivity index is 1.58. The zero-order chi connectivity index (χ0) is 22.9. The molecule has 9 nitrogen and oxygen atoms in total. The zero-order valence-corrected chi connectivity index (χ0v) is 19.6. The number of methoxy groups -OCH3 is 3. The lowest BCUT2D eigenvalue weighted by atomic mass is 10.2. The van der Waals surface area contributed by atoms with Crippen molar-refractivity contribution < 1.29 is 14.2 Å². The summed E-state index contributed by atoms with van der Waals surface area (Å²) in [4.78, 5) is 13.6. The number of likely N-dealkylation sites (N-methyl/N-ethyl adjacent to an activating group) is 1. The topological polar surface area (TPSA) is 83.5 Å². The number of nitrogens with one attached hydrogen (secondary N) is 2.